The van der Waals surface area contributed by atoms with E-state index in [-0.39, 0.29) is 6.04 Å². The Kier molecular flexibility index (Phi) is 6.02. The van der Waals surface area contributed by atoms with E-state index in [9.17, 15) is 0 Å². The van der Waals surface area contributed by atoms with E-state index in [1.807, 2.05) is 24.4 Å². The highest BCUT2D eigenvalue weighted by Crippen LogP contribution is 2.33. The first kappa shape index (κ1) is 15.8. The van der Waals surface area contributed by atoms with Crippen LogP contribution in [0.5, 0.6) is 11.5 Å². The molecule has 1 aromatic heterocycles. The number of nitrogens with two attached hydrogens (primary N) is 1. The van der Waals surface area contributed by atoms with Crippen LogP contribution in [-0.2, 0) is 13.0 Å². The maximum Gasteiger partial charge on any atom is 0.165 e. The molecule has 2 rings (SSSR count). The summed E-state index contributed by atoms with van der Waals surface area (Å²) >= 11 is 1.58. The summed E-state index contributed by atoms with van der Waals surface area (Å²) in [6, 6.07) is 6.10. The molecular formula is C16H22N2O2S. The van der Waals surface area contributed by atoms with Gasteiger partial charge >= 0.3 is 0 Å². The molecule has 5 heteroatoms. The third-order valence-electron chi connectivity index (χ3n) is 3.19. The second-order valence-corrected chi connectivity index (χ2v) is 5.74. The van der Waals surface area contributed by atoms with Gasteiger partial charge in [-0.2, -0.15) is 0 Å². The van der Waals surface area contributed by atoms with E-state index in [2.05, 4.69) is 18.0 Å². The van der Waals surface area contributed by atoms with E-state index < -0.39 is 0 Å². The molecule has 0 bridgehead atoms. The molecule has 1 unspecified atom stereocenters. The lowest BCUT2D eigenvalue weighted by atomic mass is 10.0. The van der Waals surface area contributed by atoms with E-state index in [1.165, 1.54) is 0 Å². The van der Waals surface area contributed by atoms with Crippen molar-refractivity contribution in [3.05, 3.63) is 40.3 Å². The Bertz CT molecular complexity index is 543. The number of ether oxygens (including phenoxy) is 2. The van der Waals surface area contributed by atoms with Gasteiger partial charge in [0.15, 0.2) is 11.5 Å². The highest BCUT2D eigenvalue weighted by molar-refractivity contribution is 7.09. The first-order chi connectivity index (χ1) is 10.2. The Morgan fingerprint density at radius 3 is 2.81 bits per heavy atom. The van der Waals surface area contributed by atoms with Gasteiger partial charge in [-0.25, -0.2) is 4.98 Å². The van der Waals surface area contributed by atoms with Crippen LogP contribution in [0.2, 0.25) is 0 Å². The Labute approximate surface area is 129 Å². The van der Waals surface area contributed by atoms with Crippen LogP contribution in [0.25, 0.3) is 0 Å². The van der Waals surface area contributed by atoms with Gasteiger partial charge in [0.05, 0.1) is 6.61 Å². The van der Waals surface area contributed by atoms with Crippen LogP contribution in [0.3, 0.4) is 0 Å². The van der Waals surface area contributed by atoms with Gasteiger partial charge in [-0.1, -0.05) is 19.1 Å². The zero-order chi connectivity index (χ0) is 15.1. The first-order valence-corrected chi connectivity index (χ1v) is 8.14. The Morgan fingerprint density at radius 1 is 1.29 bits per heavy atom. The van der Waals surface area contributed by atoms with Gasteiger partial charge in [-0.3, -0.25) is 0 Å². The number of para-hydroxylation sites is 1. The van der Waals surface area contributed by atoms with Gasteiger partial charge in [0.25, 0.3) is 0 Å². The number of nitrogens with zero attached hydrogens (tertiary/aromatic N) is 1. The minimum absolute atomic E-state index is 0.129. The van der Waals surface area contributed by atoms with Crippen LogP contribution in [0.4, 0.5) is 0 Å². The van der Waals surface area contributed by atoms with Crippen molar-refractivity contribution in [2.24, 2.45) is 5.73 Å². The SMILES string of the molecule is CCOc1cccc(CC(N)CC)c1OCc1nccs1. The normalized spacial score (nSPS) is 12.1. The number of benzene rings is 1. The molecule has 21 heavy (non-hydrogen) atoms. The summed E-state index contributed by atoms with van der Waals surface area (Å²) in [5.41, 5.74) is 7.17. The number of hydrogen-bond donors (Lipinski definition) is 1. The molecule has 0 fully saturated rings. The van der Waals surface area contributed by atoms with Crippen molar-refractivity contribution in [1.82, 2.24) is 4.98 Å². The molecular weight excluding hydrogens is 284 g/mol. The van der Waals surface area contributed by atoms with E-state index in [0.29, 0.717) is 13.2 Å². The summed E-state index contributed by atoms with van der Waals surface area (Å²) in [5.74, 6) is 1.56. The molecule has 2 N–H and O–H groups in total. The Morgan fingerprint density at radius 2 is 2.14 bits per heavy atom. The molecule has 114 valence electrons. The molecule has 0 aliphatic carbocycles. The van der Waals surface area contributed by atoms with Crippen LogP contribution in [0.1, 0.15) is 30.8 Å². The summed E-state index contributed by atoms with van der Waals surface area (Å²) in [5, 5.41) is 2.90. The molecule has 0 saturated carbocycles. The monoisotopic (exact) mass is 306 g/mol. The van der Waals surface area contributed by atoms with Gasteiger partial charge in [0.2, 0.25) is 0 Å². The summed E-state index contributed by atoms with van der Waals surface area (Å²) in [4.78, 5) is 4.24. The Hall–Kier alpha value is -1.59. The second kappa shape index (κ2) is 8.00. The standard InChI is InChI=1S/C16H22N2O2S/c1-3-13(17)10-12-6-5-7-14(19-4-2)16(12)20-11-15-18-8-9-21-15/h5-9,13H,3-4,10-11,17H2,1-2H3. The predicted octanol–water partition coefficient (Wildman–Crippen LogP) is 3.40. The van der Waals surface area contributed by atoms with Crippen molar-refractivity contribution in [1.29, 1.82) is 0 Å². The highest BCUT2D eigenvalue weighted by Gasteiger charge is 2.14. The van der Waals surface area contributed by atoms with Gasteiger partial charge < -0.3 is 15.2 Å². The fourth-order valence-electron chi connectivity index (χ4n) is 2.04. The zero-order valence-electron chi connectivity index (χ0n) is 12.5. The third kappa shape index (κ3) is 4.44. The average molecular weight is 306 g/mol. The van der Waals surface area contributed by atoms with Gasteiger partial charge in [-0.05, 0) is 31.4 Å². The van der Waals surface area contributed by atoms with Crippen molar-refractivity contribution in [2.75, 3.05) is 6.61 Å². The second-order valence-electron chi connectivity index (χ2n) is 4.76. The molecule has 2 aromatic rings. The van der Waals surface area contributed by atoms with E-state index in [0.717, 1.165) is 34.9 Å². The zero-order valence-corrected chi connectivity index (χ0v) is 13.4. The summed E-state index contributed by atoms with van der Waals surface area (Å²) < 4.78 is 11.7. The molecule has 0 amide bonds. The van der Waals surface area contributed by atoms with Crippen molar-refractivity contribution in [3.8, 4) is 11.5 Å². The molecule has 0 aliphatic rings. The quantitative estimate of drug-likeness (QED) is 0.812. The van der Waals surface area contributed by atoms with Crippen LogP contribution >= 0.6 is 11.3 Å². The minimum Gasteiger partial charge on any atom is -0.490 e. The molecule has 0 radical (unpaired) electrons. The molecule has 0 saturated heterocycles. The number of aromatic nitrogens is 1. The number of rotatable bonds is 8. The first-order valence-electron chi connectivity index (χ1n) is 7.26. The van der Waals surface area contributed by atoms with Crippen LogP contribution in [-0.4, -0.2) is 17.6 Å². The van der Waals surface area contributed by atoms with Crippen molar-refractivity contribution in [2.45, 2.75) is 39.3 Å². The molecule has 0 spiro atoms. The van der Waals surface area contributed by atoms with Crippen LogP contribution < -0.4 is 15.2 Å². The fourth-order valence-corrected chi connectivity index (χ4v) is 2.57. The van der Waals surface area contributed by atoms with Crippen LogP contribution in [0.15, 0.2) is 29.8 Å². The molecule has 1 atom stereocenters. The summed E-state index contributed by atoms with van der Waals surface area (Å²) in [6.45, 7) is 5.12. The van der Waals surface area contributed by atoms with Gasteiger partial charge in [0, 0.05) is 17.6 Å². The van der Waals surface area contributed by atoms with Crippen LogP contribution in [0, 0.1) is 0 Å². The van der Waals surface area contributed by atoms with E-state index >= 15 is 0 Å². The predicted molar refractivity (Wildman–Crippen MR) is 86.0 cm³/mol. The third-order valence-corrected chi connectivity index (χ3v) is 3.94. The molecule has 1 heterocycles. The maximum absolute atomic E-state index is 6.08. The smallest absolute Gasteiger partial charge is 0.165 e. The highest BCUT2D eigenvalue weighted by atomic mass is 32.1. The van der Waals surface area contributed by atoms with Crippen molar-refractivity contribution in [3.63, 3.8) is 0 Å². The molecule has 1 aromatic carbocycles. The van der Waals surface area contributed by atoms with E-state index in [4.69, 9.17) is 15.2 Å². The summed E-state index contributed by atoms with van der Waals surface area (Å²) in [6.07, 6.45) is 3.50. The topological polar surface area (TPSA) is 57.4 Å². The van der Waals surface area contributed by atoms with E-state index in [1.54, 1.807) is 17.5 Å². The largest absolute Gasteiger partial charge is 0.490 e. The Balaban J connectivity index is 2.20. The van der Waals surface area contributed by atoms with Gasteiger partial charge in [0.1, 0.15) is 11.6 Å². The van der Waals surface area contributed by atoms with Crippen molar-refractivity contribution >= 4 is 11.3 Å². The molecule has 4 nitrogen and oxygen atoms in total. The lowest BCUT2D eigenvalue weighted by Crippen LogP contribution is -2.21. The fraction of sp³-hybridized carbons (Fsp3) is 0.438. The lowest BCUT2D eigenvalue weighted by molar-refractivity contribution is 0.266. The van der Waals surface area contributed by atoms with Gasteiger partial charge in [-0.15, -0.1) is 11.3 Å². The van der Waals surface area contributed by atoms with Crippen molar-refractivity contribution < 1.29 is 9.47 Å². The summed E-state index contributed by atoms with van der Waals surface area (Å²) in [7, 11) is 0. The minimum atomic E-state index is 0.129. The number of hydrogen-bond acceptors (Lipinski definition) is 5. The molecule has 0 aliphatic heterocycles. The maximum atomic E-state index is 6.08. The number of thiazole rings is 1. The lowest BCUT2D eigenvalue weighted by Gasteiger charge is -2.17. The average Bonchev–Trinajstić information content (AvgIpc) is 3.00.